The fourth-order valence-corrected chi connectivity index (χ4v) is 2.88. The van der Waals surface area contributed by atoms with Crippen LogP contribution in [0.15, 0.2) is 12.1 Å². The monoisotopic (exact) mass is 289 g/mol. The Morgan fingerprint density at radius 2 is 1.62 bits per heavy atom. The highest BCUT2D eigenvalue weighted by Crippen LogP contribution is 2.31. The van der Waals surface area contributed by atoms with Gasteiger partial charge in [0.1, 0.15) is 0 Å². The average Bonchev–Trinajstić information content (AvgIpc) is 2.66. The second kappa shape index (κ2) is 5.68. The van der Waals surface area contributed by atoms with Crippen LogP contribution in [0.2, 0.25) is 0 Å². The molecule has 0 aromatic heterocycles. The molecule has 1 unspecified atom stereocenters. The first-order valence-corrected chi connectivity index (χ1v) is 7.08. The average molecular weight is 289 g/mol. The molecule has 21 heavy (non-hydrogen) atoms. The number of aryl methyl sites for hydroxylation is 2. The Labute approximate surface area is 123 Å². The molecule has 0 saturated carbocycles. The number of hydrogen-bond acceptors (Lipinski definition) is 3. The Morgan fingerprint density at radius 1 is 1.14 bits per heavy atom. The van der Waals surface area contributed by atoms with E-state index in [9.17, 15) is 14.4 Å². The Hall–Kier alpha value is -2.17. The SMILES string of the molecule is CCCC(CC(=O)O)N1C(=O)c2c(C)ccc(C)c2C1=O. The Bertz CT molecular complexity index is 580. The number of amides is 2. The normalized spacial score (nSPS) is 15.3. The molecule has 1 aromatic rings. The Morgan fingerprint density at radius 3 is 2.00 bits per heavy atom. The summed E-state index contributed by atoms with van der Waals surface area (Å²) in [4.78, 5) is 37.3. The van der Waals surface area contributed by atoms with Gasteiger partial charge in [-0.25, -0.2) is 0 Å². The molecule has 112 valence electrons. The van der Waals surface area contributed by atoms with Crippen LogP contribution in [0, 0.1) is 13.8 Å². The summed E-state index contributed by atoms with van der Waals surface area (Å²) in [6.07, 6.45) is 0.997. The van der Waals surface area contributed by atoms with E-state index in [0.717, 1.165) is 16.0 Å². The minimum absolute atomic E-state index is 0.211. The highest BCUT2D eigenvalue weighted by atomic mass is 16.4. The molecule has 0 radical (unpaired) electrons. The number of rotatable bonds is 5. The summed E-state index contributed by atoms with van der Waals surface area (Å²) in [5.74, 6) is -1.73. The van der Waals surface area contributed by atoms with Gasteiger partial charge in [-0.2, -0.15) is 0 Å². The van der Waals surface area contributed by atoms with Crippen LogP contribution in [0.1, 0.15) is 58.0 Å². The Balaban J connectivity index is 2.47. The van der Waals surface area contributed by atoms with Gasteiger partial charge in [-0.05, 0) is 31.4 Å². The molecular formula is C16H19NO4. The van der Waals surface area contributed by atoms with Gasteiger partial charge in [0.25, 0.3) is 11.8 Å². The number of fused-ring (bicyclic) bond motifs is 1. The third-order valence-electron chi connectivity index (χ3n) is 3.88. The number of imide groups is 1. The summed E-state index contributed by atoms with van der Waals surface area (Å²) >= 11 is 0. The second-order valence-corrected chi connectivity index (χ2v) is 5.47. The molecular weight excluding hydrogens is 270 g/mol. The van der Waals surface area contributed by atoms with Crippen LogP contribution < -0.4 is 0 Å². The fraction of sp³-hybridized carbons (Fsp3) is 0.438. The molecule has 5 heteroatoms. The van der Waals surface area contributed by atoms with Crippen molar-refractivity contribution in [1.29, 1.82) is 0 Å². The van der Waals surface area contributed by atoms with Crippen LogP contribution in [-0.4, -0.2) is 33.8 Å². The summed E-state index contributed by atoms with van der Waals surface area (Å²) < 4.78 is 0. The number of benzene rings is 1. The third-order valence-corrected chi connectivity index (χ3v) is 3.88. The van der Waals surface area contributed by atoms with Crippen LogP contribution in [-0.2, 0) is 4.79 Å². The number of aliphatic carboxylic acids is 1. The van der Waals surface area contributed by atoms with Gasteiger partial charge in [-0.15, -0.1) is 0 Å². The molecule has 1 aromatic carbocycles. The van der Waals surface area contributed by atoms with Crippen LogP contribution >= 0.6 is 0 Å². The second-order valence-electron chi connectivity index (χ2n) is 5.47. The highest BCUT2D eigenvalue weighted by molar-refractivity contribution is 6.23. The van der Waals surface area contributed by atoms with Crippen molar-refractivity contribution in [3.63, 3.8) is 0 Å². The standard InChI is InChI=1S/C16H19NO4/c1-4-5-11(8-12(18)19)17-15(20)13-9(2)6-7-10(3)14(13)16(17)21/h6-7,11H,4-5,8H2,1-3H3,(H,18,19). The minimum atomic E-state index is -1.00. The summed E-state index contributed by atoms with van der Waals surface area (Å²) in [7, 11) is 0. The van der Waals surface area contributed by atoms with Gasteiger partial charge in [0.05, 0.1) is 23.6 Å². The van der Waals surface area contributed by atoms with Gasteiger partial charge in [0.2, 0.25) is 0 Å². The van der Waals surface area contributed by atoms with E-state index in [0.29, 0.717) is 24.0 Å². The van der Waals surface area contributed by atoms with E-state index in [1.54, 1.807) is 13.8 Å². The van der Waals surface area contributed by atoms with E-state index in [4.69, 9.17) is 5.11 Å². The van der Waals surface area contributed by atoms with Crippen LogP contribution in [0.4, 0.5) is 0 Å². The number of carbonyl (C=O) groups is 3. The summed E-state index contributed by atoms with van der Waals surface area (Å²) in [6.45, 7) is 5.49. The van der Waals surface area contributed by atoms with Gasteiger partial charge in [0, 0.05) is 0 Å². The minimum Gasteiger partial charge on any atom is -0.481 e. The predicted octanol–water partition coefficient (Wildman–Crippen LogP) is 2.54. The fourth-order valence-electron chi connectivity index (χ4n) is 2.88. The smallest absolute Gasteiger partial charge is 0.305 e. The van der Waals surface area contributed by atoms with Gasteiger partial charge >= 0.3 is 5.97 Å². The first-order valence-electron chi connectivity index (χ1n) is 7.08. The zero-order valence-corrected chi connectivity index (χ0v) is 12.5. The molecule has 1 N–H and O–H groups in total. The van der Waals surface area contributed by atoms with Crippen LogP contribution in [0.25, 0.3) is 0 Å². The lowest BCUT2D eigenvalue weighted by molar-refractivity contribution is -0.138. The van der Waals surface area contributed by atoms with Crippen molar-refractivity contribution in [2.45, 2.75) is 46.1 Å². The maximum atomic E-state index is 12.6. The molecule has 1 aliphatic rings. The largest absolute Gasteiger partial charge is 0.481 e. The van der Waals surface area contributed by atoms with Crippen molar-refractivity contribution >= 4 is 17.8 Å². The molecule has 0 spiro atoms. The molecule has 1 aliphatic heterocycles. The maximum Gasteiger partial charge on any atom is 0.305 e. The molecule has 2 amide bonds. The van der Waals surface area contributed by atoms with Crippen molar-refractivity contribution in [1.82, 2.24) is 4.90 Å². The van der Waals surface area contributed by atoms with Gasteiger partial charge < -0.3 is 5.11 Å². The first kappa shape index (κ1) is 15.2. The van der Waals surface area contributed by atoms with E-state index < -0.39 is 12.0 Å². The van der Waals surface area contributed by atoms with Crippen molar-refractivity contribution in [2.75, 3.05) is 0 Å². The third kappa shape index (κ3) is 2.55. The number of nitrogens with zero attached hydrogens (tertiary/aromatic N) is 1. The summed E-state index contributed by atoms with van der Waals surface area (Å²) in [5, 5.41) is 9.02. The lowest BCUT2D eigenvalue weighted by Crippen LogP contribution is -2.41. The van der Waals surface area contributed by atoms with Crippen LogP contribution in [0.3, 0.4) is 0 Å². The van der Waals surface area contributed by atoms with E-state index >= 15 is 0 Å². The maximum absolute atomic E-state index is 12.6. The quantitative estimate of drug-likeness (QED) is 0.845. The Kier molecular flexibility index (Phi) is 4.11. The zero-order chi connectivity index (χ0) is 15.7. The van der Waals surface area contributed by atoms with Gasteiger partial charge in [-0.3, -0.25) is 19.3 Å². The molecule has 1 heterocycles. The number of hydrogen-bond donors (Lipinski definition) is 1. The predicted molar refractivity (Wildman–Crippen MR) is 77.4 cm³/mol. The van der Waals surface area contributed by atoms with Gasteiger partial charge in [0.15, 0.2) is 0 Å². The first-order chi connectivity index (χ1) is 9.88. The van der Waals surface area contributed by atoms with E-state index in [2.05, 4.69) is 0 Å². The molecule has 1 atom stereocenters. The van der Waals surface area contributed by atoms with Crippen molar-refractivity contribution in [2.24, 2.45) is 0 Å². The summed E-state index contributed by atoms with van der Waals surface area (Å²) in [5.41, 5.74) is 2.35. The topological polar surface area (TPSA) is 74.7 Å². The number of carboxylic acids is 1. The van der Waals surface area contributed by atoms with Crippen molar-refractivity contribution in [3.05, 3.63) is 34.4 Å². The van der Waals surface area contributed by atoms with Crippen molar-refractivity contribution in [3.8, 4) is 0 Å². The zero-order valence-electron chi connectivity index (χ0n) is 12.5. The van der Waals surface area contributed by atoms with E-state index in [-0.39, 0.29) is 18.2 Å². The lowest BCUT2D eigenvalue weighted by Gasteiger charge is -2.24. The van der Waals surface area contributed by atoms with E-state index in [1.807, 2.05) is 19.1 Å². The molecule has 0 saturated heterocycles. The lowest BCUT2D eigenvalue weighted by atomic mass is 9.99. The van der Waals surface area contributed by atoms with Crippen LogP contribution in [0.5, 0.6) is 0 Å². The van der Waals surface area contributed by atoms with Crippen molar-refractivity contribution < 1.29 is 19.5 Å². The molecule has 0 aliphatic carbocycles. The molecule has 0 fully saturated rings. The number of carboxylic acid groups (broad SMARTS) is 1. The highest BCUT2D eigenvalue weighted by Gasteiger charge is 2.42. The van der Waals surface area contributed by atoms with E-state index in [1.165, 1.54) is 0 Å². The summed E-state index contributed by atoms with van der Waals surface area (Å²) in [6, 6.07) is 3.04. The molecule has 2 rings (SSSR count). The molecule has 0 bridgehead atoms. The molecule has 5 nitrogen and oxygen atoms in total. The van der Waals surface area contributed by atoms with Gasteiger partial charge in [-0.1, -0.05) is 25.5 Å². The number of carbonyl (C=O) groups excluding carboxylic acids is 2.